The quantitative estimate of drug-likeness (QED) is 0.936. The summed E-state index contributed by atoms with van der Waals surface area (Å²) in [6.07, 6.45) is 0. The maximum Gasteiger partial charge on any atom is 0.262 e. The van der Waals surface area contributed by atoms with Gasteiger partial charge in [0.1, 0.15) is 0 Å². The molecule has 2 rings (SSSR count). The zero-order valence-corrected chi connectivity index (χ0v) is 13.7. The molecular formula is C16H18FNO3S. The molecule has 22 heavy (non-hydrogen) atoms. The van der Waals surface area contributed by atoms with E-state index in [4.69, 9.17) is 4.74 Å². The predicted octanol–water partition coefficient (Wildman–Crippen LogP) is 3.56. The van der Waals surface area contributed by atoms with Crippen LogP contribution in [-0.4, -0.2) is 15.5 Å². The van der Waals surface area contributed by atoms with Crippen LogP contribution in [0.4, 0.5) is 10.1 Å². The van der Waals surface area contributed by atoms with Crippen LogP contribution in [0.1, 0.15) is 16.7 Å². The van der Waals surface area contributed by atoms with Gasteiger partial charge in [0.25, 0.3) is 10.0 Å². The molecule has 2 aromatic carbocycles. The standard InChI is InChI=1S/C16H18FNO3S/c1-10-7-11(2)16(12(3)8-10)18-22(19,20)13-5-6-15(21-4)14(17)9-13/h5-9,18H,1-4H3. The first kappa shape index (κ1) is 16.3. The molecule has 118 valence electrons. The fraction of sp³-hybridized carbons (Fsp3) is 0.250. The second-order valence-electron chi connectivity index (χ2n) is 5.18. The molecule has 1 N–H and O–H groups in total. The molecule has 0 saturated heterocycles. The molecule has 0 amide bonds. The molecule has 0 unspecified atom stereocenters. The van der Waals surface area contributed by atoms with E-state index in [0.717, 1.165) is 22.8 Å². The number of halogens is 1. The summed E-state index contributed by atoms with van der Waals surface area (Å²) in [6, 6.07) is 7.32. The second kappa shape index (κ2) is 5.96. The highest BCUT2D eigenvalue weighted by atomic mass is 32.2. The molecule has 0 heterocycles. The molecule has 0 aliphatic carbocycles. The zero-order chi connectivity index (χ0) is 16.5. The van der Waals surface area contributed by atoms with Crippen LogP contribution in [-0.2, 0) is 10.0 Å². The first-order valence-corrected chi connectivity index (χ1v) is 8.17. The Morgan fingerprint density at radius 1 is 1.05 bits per heavy atom. The van der Waals surface area contributed by atoms with E-state index in [1.807, 2.05) is 32.9 Å². The largest absolute Gasteiger partial charge is 0.494 e. The van der Waals surface area contributed by atoms with Crippen LogP contribution in [0.25, 0.3) is 0 Å². The van der Waals surface area contributed by atoms with Crippen molar-refractivity contribution in [3.05, 3.63) is 52.8 Å². The first-order valence-electron chi connectivity index (χ1n) is 6.69. The normalized spacial score (nSPS) is 11.3. The van der Waals surface area contributed by atoms with E-state index in [1.54, 1.807) is 0 Å². The van der Waals surface area contributed by atoms with Crippen molar-refractivity contribution in [2.75, 3.05) is 11.8 Å². The first-order chi connectivity index (χ1) is 10.2. The molecule has 2 aromatic rings. The average Bonchev–Trinajstić information content (AvgIpc) is 2.42. The van der Waals surface area contributed by atoms with Crippen LogP contribution < -0.4 is 9.46 Å². The van der Waals surface area contributed by atoms with Crippen LogP contribution in [0.2, 0.25) is 0 Å². The van der Waals surface area contributed by atoms with Gasteiger partial charge in [-0.05, 0) is 50.1 Å². The second-order valence-corrected chi connectivity index (χ2v) is 6.86. The number of hydrogen-bond acceptors (Lipinski definition) is 3. The lowest BCUT2D eigenvalue weighted by Crippen LogP contribution is -2.15. The van der Waals surface area contributed by atoms with E-state index in [2.05, 4.69) is 4.72 Å². The van der Waals surface area contributed by atoms with Gasteiger partial charge in [0, 0.05) is 0 Å². The van der Waals surface area contributed by atoms with Crippen LogP contribution in [0.5, 0.6) is 5.75 Å². The molecule has 0 radical (unpaired) electrons. The van der Waals surface area contributed by atoms with E-state index < -0.39 is 15.8 Å². The maximum absolute atomic E-state index is 13.7. The Kier molecular flexibility index (Phi) is 4.42. The smallest absolute Gasteiger partial charge is 0.262 e. The number of nitrogens with one attached hydrogen (secondary N) is 1. The van der Waals surface area contributed by atoms with Crippen molar-refractivity contribution in [1.82, 2.24) is 0 Å². The van der Waals surface area contributed by atoms with Crippen molar-refractivity contribution < 1.29 is 17.5 Å². The third-order valence-corrected chi connectivity index (χ3v) is 4.69. The van der Waals surface area contributed by atoms with Crippen molar-refractivity contribution >= 4 is 15.7 Å². The molecule has 0 saturated carbocycles. The van der Waals surface area contributed by atoms with Crippen LogP contribution in [0.3, 0.4) is 0 Å². The third kappa shape index (κ3) is 3.22. The SMILES string of the molecule is COc1ccc(S(=O)(=O)Nc2c(C)cc(C)cc2C)cc1F. The minimum absolute atomic E-state index is 0.00153. The molecule has 0 spiro atoms. The molecule has 0 bridgehead atoms. The molecule has 0 fully saturated rings. The molecule has 0 aromatic heterocycles. The van der Waals surface area contributed by atoms with Gasteiger partial charge in [-0.1, -0.05) is 17.7 Å². The Bertz CT molecular complexity index is 793. The Morgan fingerprint density at radius 2 is 1.64 bits per heavy atom. The van der Waals surface area contributed by atoms with Crippen LogP contribution in [0.15, 0.2) is 35.2 Å². The summed E-state index contributed by atoms with van der Waals surface area (Å²) >= 11 is 0. The Morgan fingerprint density at radius 3 is 2.14 bits per heavy atom. The number of aryl methyl sites for hydroxylation is 3. The molecule has 0 aliphatic rings. The van der Waals surface area contributed by atoms with Gasteiger partial charge in [0.15, 0.2) is 11.6 Å². The predicted molar refractivity (Wildman–Crippen MR) is 84.4 cm³/mol. The zero-order valence-electron chi connectivity index (χ0n) is 12.9. The van der Waals surface area contributed by atoms with Gasteiger partial charge >= 0.3 is 0 Å². The number of hydrogen-bond donors (Lipinski definition) is 1. The lowest BCUT2D eigenvalue weighted by atomic mass is 10.1. The van der Waals surface area contributed by atoms with E-state index in [9.17, 15) is 12.8 Å². The summed E-state index contributed by atoms with van der Waals surface area (Å²) in [5, 5.41) is 0. The molecule has 4 nitrogen and oxygen atoms in total. The average molecular weight is 323 g/mol. The van der Waals surface area contributed by atoms with Gasteiger partial charge in [-0.25, -0.2) is 12.8 Å². The van der Waals surface area contributed by atoms with Gasteiger partial charge in [-0.15, -0.1) is 0 Å². The maximum atomic E-state index is 13.7. The number of rotatable bonds is 4. The lowest BCUT2D eigenvalue weighted by molar-refractivity contribution is 0.385. The van der Waals surface area contributed by atoms with E-state index >= 15 is 0 Å². The number of anilines is 1. The van der Waals surface area contributed by atoms with Crippen molar-refractivity contribution in [1.29, 1.82) is 0 Å². The minimum Gasteiger partial charge on any atom is -0.494 e. The highest BCUT2D eigenvalue weighted by Crippen LogP contribution is 2.26. The molecule has 6 heteroatoms. The van der Waals surface area contributed by atoms with Gasteiger partial charge in [-0.2, -0.15) is 0 Å². The molecular weight excluding hydrogens is 305 g/mol. The summed E-state index contributed by atoms with van der Waals surface area (Å²) < 4.78 is 45.9. The Balaban J connectivity index is 2.42. The number of methoxy groups -OCH3 is 1. The fourth-order valence-electron chi connectivity index (χ4n) is 2.35. The summed E-state index contributed by atoms with van der Waals surface area (Å²) in [6.45, 7) is 5.59. The van der Waals surface area contributed by atoms with Crippen LogP contribution in [0, 0.1) is 26.6 Å². The van der Waals surface area contributed by atoms with E-state index in [1.165, 1.54) is 19.2 Å². The van der Waals surface area contributed by atoms with Gasteiger partial charge in [0.05, 0.1) is 17.7 Å². The fourth-order valence-corrected chi connectivity index (χ4v) is 3.56. The Hall–Kier alpha value is -2.08. The summed E-state index contributed by atoms with van der Waals surface area (Å²) in [7, 11) is -2.54. The van der Waals surface area contributed by atoms with Crippen molar-refractivity contribution in [3.63, 3.8) is 0 Å². The van der Waals surface area contributed by atoms with E-state index in [-0.39, 0.29) is 10.6 Å². The van der Waals surface area contributed by atoms with Crippen molar-refractivity contribution in [2.24, 2.45) is 0 Å². The number of benzene rings is 2. The van der Waals surface area contributed by atoms with Crippen molar-refractivity contribution in [3.8, 4) is 5.75 Å². The van der Waals surface area contributed by atoms with Gasteiger partial charge in [0.2, 0.25) is 0 Å². The highest BCUT2D eigenvalue weighted by Gasteiger charge is 2.18. The topological polar surface area (TPSA) is 55.4 Å². The monoisotopic (exact) mass is 323 g/mol. The molecule has 0 aliphatic heterocycles. The van der Waals surface area contributed by atoms with Gasteiger partial charge in [-0.3, -0.25) is 4.72 Å². The van der Waals surface area contributed by atoms with Crippen molar-refractivity contribution in [2.45, 2.75) is 25.7 Å². The minimum atomic E-state index is -3.86. The summed E-state index contributed by atoms with van der Waals surface area (Å²) in [4.78, 5) is -0.148. The van der Waals surface area contributed by atoms with Gasteiger partial charge < -0.3 is 4.74 Å². The number of ether oxygens (including phenoxy) is 1. The lowest BCUT2D eigenvalue weighted by Gasteiger charge is -2.14. The van der Waals surface area contributed by atoms with E-state index in [0.29, 0.717) is 5.69 Å². The summed E-state index contributed by atoms with van der Waals surface area (Å²) in [5.74, 6) is -0.718. The van der Waals surface area contributed by atoms with Crippen LogP contribution >= 0.6 is 0 Å². The highest BCUT2D eigenvalue weighted by molar-refractivity contribution is 7.92. The Labute approximate surface area is 130 Å². The molecule has 0 atom stereocenters. The number of sulfonamides is 1. The third-order valence-electron chi connectivity index (χ3n) is 3.35. The summed E-state index contributed by atoms with van der Waals surface area (Å²) in [5.41, 5.74) is 3.19.